The van der Waals surface area contributed by atoms with Gasteiger partial charge in [-0.15, -0.1) is 0 Å². The van der Waals surface area contributed by atoms with E-state index in [4.69, 9.17) is 21.1 Å². The zero-order chi connectivity index (χ0) is 19.5. The van der Waals surface area contributed by atoms with Gasteiger partial charge in [0.25, 0.3) is 5.91 Å². The second kappa shape index (κ2) is 8.50. The summed E-state index contributed by atoms with van der Waals surface area (Å²) in [7, 11) is 0. The van der Waals surface area contributed by atoms with Gasteiger partial charge in [-0.1, -0.05) is 23.7 Å². The van der Waals surface area contributed by atoms with E-state index in [1.54, 1.807) is 4.90 Å². The molecule has 0 aromatic heterocycles. The summed E-state index contributed by atoms with van der Waals surface area (Å²) in [5.41, 5.74) is 2.69. The Morgan fingerprint density at radius 2 is 2.04 bits per heavy atom. The Balaban J connectivity index is 1.38. The Morgan fingerprint density at radius 3 is 2.86 bits per heavy atom. The number of carbonyl (C=O) groups excluding carboxylic acids is 1. The molecular formula is C22H23ClFNO3. The number of aryl methyl sites for hydroxylation is 2. The van der Waals surface area contributed by atoms with E-state index in [2.05, 4.69) is 12.1 Å². The number of morpholine rings is 1. The molecule has 1 unspecified atom stereocenters. The molecule has 6 heteroatoms. The standard InChI is InChI=1S/C22H23ClFNO3/c23-19-6-3-7-20(24)21(19)22(26)25-10-11-27-18(13-25)14-28-17-9-8-15-4-1-2-5-16(15)12-17/h3,6-9,12,18H,1-2,4-5,10-11,13-14H2. The Bertz CT molecular complexity index is 853. The van der Waals surface area contributed by atoms with Crippen molar-refractivity contribution in [2.45, 2.75) is 31.8 Å². The highest BCUT2D eigenvalue weighted by Crippen LogP contribution is 2.26. The van der Waals surface area contributed by atoms with Crippen LogP contribution in [0.2, 0.25) is 5.02 Å². The zero-order valence-corrected chi connectivity index (χ0v) is 16.4. The highest BCUT2D eigenvalue weighted by Gasteiger charge is 2.28. The minimum absolute atomic E-state index is 0.0829. The molecule has 1 aliphatic heterocycles. The summed E-state index contributed by atoms with van der Waals surface area (Å²) in [6, 6.07) is 10.5. The van der Waals surface area contributed by atoms with Gasteiger partial charge in [0, 0.05) is 6.54 Å². The summed E-state index contributed by atoms with van der Waals surface area (Å²) < 4.78 is 25.7. The van der Waals surface area contributed by atoms with Crippen LogP contribution < -0.4 is 4.74 Å². The number of rotatable bonds is 4. The van der Waals surface area contributed by atoms with E-state index in [9.17, 15) is 9.18 Å². The van der Waals surface area contributed by atoms with Gasteiger partial charge < -0.3 is 14.4 Å². The smallest absolute Gasteiger partial charge is 0.258 e. The number of nitrogens with zero attached hydrogens (tertiary/aromatic N) is 1. The summed E-state index contributed by atoms with van der Waals surface area (Å²) >= 11 is 6.04. The van der Waals surface area contributed by atoms with Gasteiger partial charge in [-0.3, -0.25) is 4.79 Å². The number of benzene rings is 2. The number of fused-ring (bicyclic) bond motifs is 1. The second-order valence-corrected chi connectivity index (χ2v) is 7.70. The minimum atomic E-state index is -0.606. The SMILES string of the molecule is O=C(c1c(F)cccc1Cl)N1CCOC(COc2ccc3c(c2)CCCC3)C1. The molecule has 0 spiro atoms. The molecule has 0 radical (unpaired) electrons. The van der Waals surface area contributed by atoms with Gasteiger partial charge in [0.1, 0.15) is 24.3 Å². The van der Waals surface area contributed by atoms with Crippen molar-refractivity contribution in [1.82, 2.24) is 4.90 Å². The average Bonchev–Trinajstić information content (AvgIpc) is 2.72. The molecule has 2 aliphatic rings. The fourth-order valence-electron chi connectivity index (χ4n) is 3.85. The molecule has 28 heavy (non-hydrogen) atoms. The lowest BCUT2D eigenvalue weighted by molar-refractivity contribution is -0.0402. The highest BCUT2D eigenvalue weighted by molar-refractivity contribution is 6.33. The van der Waals surface area contributed by atoms with Gasteiger partial charge in [0.05, 0.1) is 23.7 Å². The van der Waals surface area contributed by atoms with E-state index in [1.807, 2.05) is 6.07 Å². The fraction of sp³-hybridized carbons (Fsp3) is 0.409. The van der Waals surface area contributed by atoms with Gasteiger partial charge in [-0.25, -0.2) is 4.39 Å². The summed E-state index contributed by atoms with van der Waals surface area (Å²) in [5, 5.41) is 0.123. The van der Waals surface area contributed by atoms with E-state index < -0.39 is 11.7 Å². The first-order valence-corrected chi connectivity index (χ1v) is 10.1. The molecule has 1 amide bonds. The van der Waals surface area contributed by atoms with Crippen molar-refractivity contribution in [2.24, 2.45) is 0 Å². The quantitative estimate of drug-likeness (QED) is 0.764. The van der Waals surface area contributed by atoms with Crippen LogP contribution in [0.4, 0.5) is 4.39 Å². The van der Waals surface area contributed by atoms with Gasteiger partial charge >= 0.3 is 0 Å². The third-order valence-corrected chi connectivity index (χ3v) is 5.67. The molecule has 1 atom stereocenters. The maximum Gasteiger partial charge on any atom is 0.258 e. The normalized spacial score (nSPS) is 19.2. The van der Waals surface area contributed by atoms with Crippen molar-refractivity contribution in [3.05, 3.63) is 63.9 Å². The van der Waals surface area contributed by atoms with Crippen LogP contribution in [0.15, 0.2) is 36.4 Å². The Labute approximate surface area is 169 Å². The van der Waals surface area contributed by atoms with Crippen molar-refractivity contribution >= 4 is 17.5 Å². The molecule has 4 nitrogen and oxygen atoms in total. The van der Waals surface area contributed by atoms with Crippen LogP contribution in [-0.2, 0) is 17.6 Å². The molecule has 1 fully saturated rings. The first kappa shape index (κ1) is 19.2. The van der Waals surface area contributed by atoms with E-state index >= 15 is 0 Å². The third kappa shape index (κ3) is 4.15. The van der Waals surface area contributed by atoms with Crippen molar-refractivity contribution in [1.29, 1.82) is 0 Å². The predicted octanol–water partition coefficient (Wildman–Crippen LogP) is 4.28. The third-order valence-electron chi connectivity index (χ3n) is 5.36. The predicted molar refractivity (Wildman–Crippen MR) is 106 cm³/mol. The first-order valence-electron chi connectivity index (χ1n) is 9.71. The highest BCUT2D eigenvalue weighted by atomic mass is 35.5. The topological polar surface area (TPSA) is 38.8 Å². The van der Waals surface area contributed by atoms with Gasteiger partial charge in [-0.05, 0) is 61.1 Å². The van der Waals surface area contributed by atoms with Crippen LogP contribution in [0.3, 0.4) is 0 Å². The van der Waals surface area contributed by atoms with Gasteiger partial charge in [-0.2, -0.15) is 0 Å². The second-order valence-electron chi connectivity index (χ2n) is 7.29. The molecule has 1 saturated heterocycles. The molecule has 1 aliphatic carbocycles. The number of carbonyl (C=O) groups is 1. The van der Waals surface area contributed by atoms with Crippen molar-refractivity contribution in [2.75, 3.05) is 26.3 Å². The van der Waals surface area contributed by atoms with Crippen molar-refractivity contribution < 1.29 is 18.7 Å². The Hall–Kier alpha value is -2.11. The van der Waals surface area contributed by atoms with E-state index in [0.717, 1.165) is 18.6 Å². The lowest BCUT2D eigenvalue weighted by Crippen LogP contribution is -2.47. The summed E-state index contributed by atoms with van der Waals surface area (Å²) in [6.45, 7) is 1.47. The molecule has 0 N–H and O–H groups in total. The number of halogens is 2. The van der Waals surface area contributed by atoms with Crippen LogP contribution in [0, 0.1) is 5.82 Å². The summed E-state index contributed by atoms with van der Waals surface area (Å²) in [5.74, 6) is -0.194. The molecule has 1 heterocycles. The molecule has 0 saturated carbocycles. The van der Waals surface area contributed by atoms with Crippen LogP contribution in [0.25, 0.3) is 0 Å². The average molecular weight is 404 g/mol. The molecule has 0 bridgehead atoms. The van der Waals surface area contributed by atoms with Gasteiger partial charge in [0.15, 0.2) is 0 Å². The maximum absolute atomic E-state index is 14.1. The zero-order valence-electron chi connectivity index (χ0n) is 15.6. The van der Waals surface area contributed by atoms with Crippen LogP contribution in [0.5, 0.6) is 5.75 Å². The largest absolute Gasteiger partial charge is 0.491 e. The maximum atomic E-state index is 14.1. The molecule has 2 aromatic carbocycles. The lowest BCUT2D eigenvalue weighted by Gasteiger charge is -2.33. The van der Waals surface area contributed by atoms with Crippen LogP contribution in [0.1, 0.15) is 34.3 Å². The number of amides is 1. The molecule has 4 rings (SSSR count). The number of hydrogen-bond acceptors (Lipinski definition) is 3. The van der Waals surface area contributed by atoms with Crippen molar-refractivity contribution in [3.63, 3.8) is 0 Å². The summed E-state index contributed by atoms with van der Waals surface area (Å²) in [6.07, 6.45) is 4.44. The summed E-state index contributed by atoms with van der Waals surface area (Å²) in [4.78, 5) is 14.3. The van der Waals surface area contributed by atoms with E-state index in [-0.39, 0.29) is 16.7 Å². The monoisotopic (exact) mass is 403 g/mol. The van der Waals surface area contributed by atoms with Crippen LogP contribution in [-0.4, -0.2) is 43.2 Å². The number of hydrogen-bond donors (Lipinski definition) is 0. The van der Waals surface area contributed by atoms with Gasteiger partial charge in [0.2, 0.25) is 0 Å². The van der Waals surface area contributed by atoms with Crippen LogP contribution >= 0.6 is 11.6 Å². The molecular weight excluding hydrogens is 381 g/mol. The molecule has 148 valence electrons. The Morgan fingerprint density at radius 1 is 1.21 bits per heavy atom. The Kier molecular flexibility index (Phi) is 5.83. The fourth-order valence-corrected chi connectivity index (χ4v) is 4.10. The molecule has 2 aromatic rings. The van der Waals surface area contributed by atoms with E-state index in [0.29, 0.717) is 26.3 Å². The number of ether oxygens (including phenoxy) is 2. The first-order chi connectivity index (χ1) is 13.6. The lowest BCUT2D eigenvalue weighted by atomic mass is 9.92. The van der Waals surface area contributed by atoms with E-state index in [1.165, 1.54) is 42.2 Å². The minimum Gasteiger partial charge on any atom is -0.491 e. The van der Waals surface area contributed by atoms with Crippen molar-refractivity contribution in [3.8, 4) is 5.75 Å².